The molecule has 0 aromatic heterocycles. The highest BCUT2D eigenvalue weighted by Crippen LogP contribution is 2.20. The van der Waals surface area contributed by atoms with Crippen LogP contribution in [0.3, 0.4) is 0 Å². The number of carbonyl (C=O) groups excluding carboxylic acids is 2. The second kappa shape index (κ2) is 9.30. The first-order valence-corrected chi connectivity index (χ1v) is 8.64. The Hall–Kier alpha value is -2.24. The van der Waals surface area contributed by atoms with Crippen LogP contribution in [0.4, 0.5) is 14.5 Å². The highest BCUT2D eigenvalue weighted by atomic mass is 19.1. The maximum atomic E-state index is 13.5. The van der Waals surface area contributed by atoms with Crippen molar-refractivity contribution in [2.24, 2.45) is 0 Å². The summed E-state index contributed by atoms with van der Waals surface area (Å²) in [6.07, 6.45) is 7.73. The van der Waals surface area contributed by atoms with E-state index in [0.717, 1.165) is 31.4 Å². The summed E-state index contributed by atoms with van der Waals surface area (Å²) in [6.45, 7) is 2.34. The molecular weight excluding hydrogens is 326 g/mol. The Morgan fingerprint density at radius 1 is 1.20 bits per heavy atom. The zero-order chi connectivity index (χ0) is 18.2. The number of amides is 2. The lowest BCUT2D eigenvalue weighted by Crippen LogP contribution is -2.33. The van der Waals surface area contributed by atoms with Gasteiger partial charge in [0, 0.05) is 32.5 Å². The normalized spacial score (nSPS) is 14.0. The first-order chi connectivity index (χ1) is 12.0. The van der Waals surface area contributed by atoms with E-state index in [1.807, 2.05) is 0 Å². The van der Waals surface area contributed by atoms with Crippen LogP contribution in [0.1, 0.15) is 45.4 Å². The van der Waals surface area contributed by atoms with Gasteiger partial charge >= 0.3 is 0 Å². The third-order valence-corrected chi connectivity index (χ3v) is 4.35. The first-order valence-electron chi connectivity index (χ1n) is 8.64. The Balaban J connectivity index is 1.82. The van der Waals surface area contributed by atoms with Crippen LogP contribution in [-0.2, 0) is 9.59 Å². The number of hydrogen-bond acceptors (Lipinski definition) is 2. The Morgan fingerprint density at radius 2 is 2.00 bits per heavy atom. The molecule has 2 rings (SSSR count). The summed E-state index contributed by atoms with van der Waals surface area (Å²) in [5.74, 6) is -2.01. The number of halogens is 2. The monoisotopic (exact) mass is 350 g/mol. The summed E-state index contributed by atoms with van der Waals surface area (Å²) >= 11 is 0. The van der Waals surface area contributed by atoms with Gasteiger partial charge in [-0.3, -0.25) is 9.59 Å². The van der Waals surface area contributed by atoms with Gasteiger partial charge in [0.25, 0.3) is 0 Å². The van der Waals surface area contributed by atoms with E-state index in [1.54, 1.807) is 4.90 Å². The molecule has 4 nitrogen and oxygen atoms in total. The standard InChI is InChI=1S/C19H24F2N2O2/c1-14(24)23(11-9-15-5-3-2-4-6-15)12-10-19(25)22-18-8-7-16(20)13-17(18)21/h5,7-8,13H,2-4,6,9-12H2,1H3,(H,22,25). The third kappa shape index (κ3) is 6.29. The smallest absolute Gasteiger partial charge is 0.226 e. The van der Waals surface area contributed by atoms with E-state index in [2.05, 4.69) is 11.4 Å². The van der Waals surface area contributed by atoms with E-state index in [9.17, 15) is 18.4 Å². The van der Waals surface area contributed by atoms with Gasteiger partial charge in [0.2, 0.25) is 11.8 Å². The number of benzene rings is 1. The van der Waals surface area contributed by atoms with E-state index in [-0.39, 0.29) is 24.6 Å². The molecule has 25 heavy (non-hydrogen) atoms. The molecule has 0 saturated heterocycles. The molecular formula is C19H24F2N2O2. The van der Waals surface area contributed by atoms with Gasteiger partial charge in [-0.2, -0.15) is 0 Å². The lowest BCUT2D eigenvalue weighted by atomic mass is 9.97. The highest BCUT2D eigenvalue weighted by Gasteiger charge is 2.14. The molecule has 0 unspecified atom stereocenters. The lowest BCUT2D eigenvalue weighted by Gasteiger charge is -2.22. The van der Waals surface area contributed by atoms with E-state index in [4.69, 9.17) is 0 Å². The van der Waals surface area contributed by atoms with Crippen molar-refractivity contribution in [2.75, 3.05) is 18.4 Å². The largest absolute Gasteiger partial charge is 0.342 e. The van der Waals surface area contributed by atoms with Crippen LogP contribution in [0.25, 0.3) is 0 Å². The minimum Gasteiger partial charge on any atom is -0.342 e. The summed E-state index contributed by atoms with van der Waals surface area (Å²) < 4.78 is 26.4. The van der Waals surface area contributed by atoms with E-state index < -0.39 is 17.5 Å². The molecule has 1 N–H and O–H groups in total. The van der Waals surface area contributed by atoms with Gasteiger partial charge in [-0.15, -0.1) is 0 Å². The van der Waals surface area contributed by atoms with Crippen LogP contribution >= 0.6 is 0 Å². The van der Waals surface area contributed by atoms with Gasteiger partial charge in [0.15, 0.2) is 0 Å². The Bertz CT molecular complexity index is 659. The molecule has 0 radical (unpaired) electrons. The average Bonchev–Trinajstić information content (AvgIpc) is 2.58. The van der Waals surface area contributed by atoms with Crippen molar-refractivity contribution in [3.8, 4) is 0 Å². The quantitative estimate of drug-likeness (QED) is 0.755. The molecule has 0 heterocycles. The van der Waals surface area contributed by atoms with Crippen LogP contribution in [-0.4, -0.2) is 29.8 Å². The summed E-state index contributed by atoms with van der Waals surface area (Å²) in [5.41, 5.74) is 1.31. The molecule has 1 aliphatic rings. The SMILES string of the molecule is CC(=O)N(CCC(=O)Nc1ccc(F)cc1F)CCC1=CCCCC1. The van der Waals surface area contributed by atoms with Crippen molar-refractivity contribution in [1.82, 2.24) is 4.90 Å². The third-order valence-electron chi connectivity index (χ3n) is 4.35. The van der Waals surface area contributed by atoms with Crippen LogP contribution < -0.4 is 5.32 Å². The molecule has 1 aromatic carbocycles. The minimum atomic E-state index is -0.819. The van der Waals surface area contributed by atoms with Crippen molar-refractivity contribution >= 4 is 17.5 Å². The van der Waals surface area contributed by atoms with Crippen molar-refractivity contribution in [3.63, 3.8) is 0 Å². The predicted molar refractivity (Wildman–Crippen MR) is 93.0 cm³/mol. The van der Waals surface area contributed by atoms with Gasteiger partial charge in [0.1, 0.15) is 11.6 Å². The fraction of sp³-hybridized carbons (Fsp3) is 0.474. The van der Waals surface area contributed by atoms with Crippen LogP contribution in [0.2, 0.25) is 0 Å². The van der Waals surface area contributed by atoms with E-state index in [0.29, 0.717) is 6.54 Å². The summed E-state index contributed by atoms with van der Waals surface area (Å²) in [5, 5.41) is 2.41. The molecule has 0 atom stereocenters. The second-order valence-corrected chi connectivity index (χ2v) is 6.29. The summed E-state index contributed by atoms with van der Waals surface area (Å²) in [4.78, 5) is 25.3. The van der Waals surface area contributed by atoms with Gasteiger partial charge in [-0.1, -0.05) is 11.6 Å². The summed E-state index contributed by atoms with van der Waals surface area (Å²) in [6, 6.07) is 2.98. The maximum Gasteiger partial charge on any atom is 0.226 e. The van der Waals surface area contributed by atoms with Crippen LogP contribution in [0, 0.1) is 11.6 Å². The maximum absolute atomic E-state index is 13.5. The van der Waals surface area contributed by atoms with Crippen LogP contribution in [0.5, 0.6) is 0 Å². The molecule has 136 valence electrons. The van der Waals surface area contributed by atoms with Gasteiger partial charge in [0.05, 0.1) is 5.69 Å². The number of carbonyl (C=O) groups is 2. The van der Waals surface area contributed by atoms with Gasteiger partial charge in [-0.05, 0) is 44.2 Å². The summed E-state index contributed by atoms with van der Waals surface area (Å²) in [7, 11) is 0. The first kappa shape index (κ1) is 19.1. The molecule has 1 aliphatic carbocycles. The van der Waals surface area contributed by atoms with Crippen molar-refractivity contribution in [2.45, 2.75) is 45.4 Å². The number of nitrogens with one attached hydrogen (secondary N) is 1. The number of allylic oxidation sites excluding steroid dienone is 1. The van der Waals surface area contributed by atoms with Crippen molar-refractivity contribution in [3.05, 3.63) is 41.5 Å². The molecule has 0 spiro atoms. The molecule has 0 bridgehead atoms. The minimum absolute atomic E-state index is 0.0619. The number of nitrogens with zero attached hydrogens (tertiary/aromatic N) is 1. The zero-order valence-corrected chi connectivity index (χ0v) is 14.5. The Morgan fingerprint density at radius 3 is 2.64 bits per heavy atom. The second-order valence-electron chi connectivity index (χ2n) is 6.29. The van der Waals surface area contributed by atoms with Gasteiger partial charge in [-0.25, -0.2) is 8.78 Å². The molecule has 0 aliphatic heterocycles. The van der Waals surface area contributed by atoms with E-state index in [1.165, 1.54) is 31.4 Å². The highest BCUT2D eigenvalue weighted by molar-refractivity contribution is 5.91. The fourth-order valence-electron chi connectivity index (χ4n) is 2.88. The topological polar surface area (TPSA) is 49.4 Å². The van der Waals surface area contributed by atoms with Crippen molar-refractivity contribution in [1.29, 1.82) is 0 Å². The van der Waals surface area contributed by atoms with Crippen molar-refractivity contribution < 1.29 is 18.4 Å². The predicted octanol–water partition coefficient (Wildman–Crippen LogP) is 4.03. The van der Waals surface area contributed by atoms with Crippen LogP contribution in [0.15, 0.2) is 29.8 Å². The molecule has 0 fully saturated rings. The molecule has 2 amide bonds. The Labute approximate surface area is 146 Å². The zero-order valence-electron chi connectivity index (χ0n) is 14.5. The number of anilines is 1. The number of hydrogen-bond donors (Lipinski definition) is 1. The molecule has 1 aromatic rings. The lowest BCUT2D eigenvalue weighted by molar-refractivity contribution is -0.129. The van der Waals surface area contributed by atoms with E-state index >= 15 is 0 Å². The fourth-order valence-corrected chi connectivity index (χ4v) is 2.88. The Kier molecular flexibility index (Phi) is 7.10. The molecule has 0 saturated carbocycles. The molecule has 6 heteroatoms. The number of rotatable bonds is 7. The average molecular weight is 350 g/mol. The van der Waals surface area contributed by atoms with Gasteiger partial charge < -0.3 is 10.2 Å².